The summed E-state index contributed by atoms with van der Waals surface area (Å²) >= 11 is 0. The van der Waals surface area contributed by atoms with Crippen LogP contribution in [-0.2, 0) is 0 Å². The summed E-state index contributed by atoms with van der Waals surface area (Å²) in [4.78, 5) is 0. The number of para-hydroxylation sites is 4. The van der Waals surface area contributed by atoms with E-state index in [9.17, 15) is 0 Å². The van der Waals surface area contributed by atoms with Gasteiger partial charge in [-0.05, 0) is 68.3 Å². The van der Waals surface area contributed by atoms with Gasteiger partial charge in [0.25, 0.3) is 0 Å². The van der Waals surface area contributed by atoms with Crippen molar-refractivity contribution < 1.29 is 0 Å². The van der Waals surface area contributed by atoms with Gasteiger partial charge in [0.2, 0.25) is 0 Å². The van der Waals surface area contributed by atoms with E-state index >= 15 is 0 Å². The van der Waals surface area contributed by atoms with Gasteiger partial charge in [0, 0.05) is 27.2 Å². The summed E-state index contributed by atoms with van der Waals surface area (Å²) in [5, 5.41) is 10.4. The summed E-state index contributed by atoms with van der Waals surface area (Å²) in [6, 6.07) is 85.3. The Labute approximate surface area is 333 Å². The summed E-state index contributed by atoms with van der Waals surface area (Å²) in [5.41, 5.74) is 9.54. The van der Waals surface area contributed by atoms with Crippen LogP contribution in [0.3, 0.4) is 0 Å². The smallest absolute Gasteiger partial charge is 0.181 e. The molecule has 11 aromatic rings. The summed E-state index contributed by atoms with van der Waals surface area (Å²) in [6.07, 6.45) is 0. The third-order valence-electron chi connectivity index (χ3n) is 11.8. The maximum atomic E-state index is 2.59. The lowest BCUT2D eigenvalue weighted by molar-refractivity contribution is 1.13. The molecule has 2 nitrogen and oxygen atoms in total. The highest BCUT2D eigenvalue weighted by Gasteiger charge is 2.43. The molecule has 0 fully saturated rings. The Hall–Kier alpha value is -7.20. The normalized spacial score (nSPS) is 11.9. The van der Waals surface area contributed by atoms with Crippen molar-refractivity contribution in [3.63, 3.8) is 0 Å². The van der Waals surface area contributed by atoms with Gasteiger partial charge < -0.3 is 9.13 Å². The molecule has 3 heteroatoms. The number of hydrogen-bond acceptors (Lipinski definition) is 0. The fourth-order valence-electron chi connectivity index (χ4n) is 9.49. The van der Waals surface area contributed by atoms with Gasteiger partial charge in [-0.15, -0.1) is 0 Å². The first-order valence-corrected chi connectivity index (χ1v) is 21.7. The van der Waals surface area contributed by atoms with Gasteiger partial charge in [-0.2, -0.15) is 0 Å². The number of fused-ring (bicyclic) bond motifs is 6. The van der Waals surface area contributed by atoms with Gasteiger partial charge in [0.15, 0.2) is 8.07 Å². The van der Waals surface area contributed by atoms with Crippen molar-refractivity contribution in [2.75, 3.05) is 0 Å². The van der Waals surface area contributed by atoms with E-state index in [0.29, 0.717) is 0 Å². The van der Waals surface area contributed by atoms with E-state index in [1.165, 1.54) is 75.5 Å². The lowest BCUT2D eigenvalue weighted by Gasteiger charge is -2.35. The SMILES string of the molecule is c1ccc(-c2ccc3c(c2)c2cccc(-n4c5ccccc5c5cccc([Si](c6ccccc6)(c6ccccc6)c6ccccc6)c54)c2n3-c2ccccc2)cc1. The second-order valence-corrected chi connectivity index (χ2v) is 18.6. The average Bonchev–Trinajstić information content (AvgIpc) is 3.82. The highest BCUT2D eigenvalue weighted by Crippen LogP contribution is 2.40. The number of hydrogen-bond donors (Lipinski definition) is 0. The maximum absolute atomic E-state index is 2.94. The van der Waals surface area contributed by atoms with E-state index in [2.05, 4.69) is 240 Å². The minimum Gasteiger partial charge on any atom is -0.307 e. The molecule has 2 aromatic heterocycles. The van der Waals surface area contributed by atoms with Gasteiger partial charge in [-0.3, -0.25) is 0 Å². The van der Waals surface area contributed by atoms with E-state index in [0.717, 1.165) is 11.4 Å². The molecular formula is C54H38N2Si. The molecule has 0 aliphatic carbocycles. The standard InChI is InChI=1S/C54H38N2Si/c1-6-20-39(21-7-1)40-36-37-50-48(38-40)47-31-18-34-51(53(47)55(50)41-22-8-2-9-23-41)56-49-33-17-16-30-45(49)46-32-19-35-52(54(46)56)57(42-24-10-3-11-25-42,43-26-12-4-13-27-43)44-28-14-5-15-29-44/h1-38H. The van der Waals surface area contributed by atoms with Crippen molar-refractivity contribution in [2.24, 2.45) is 0 Å². The predicted molar refractivity (Wildman–Crippen MR) is 244 cm³/mol. The van der Waals surface area contributed by atoms with Crippen LogP contribution in [0.25, 0.3) is 66.1 Å². The van der Waals surface area contributed by atoms with Crippen molar-refractivity contribution in [2.45, 2.75) is 0 Å². The van der Waals surface area contributed by atoms with Crippen LogP contribution in [0.2, 0.25) is 0 Å². The van der Waals surface area contributed by atoms with Crippen LogP contribution in [0.4, 0.5) is 0 Å². The molecule has 9 aromatic carbocycles. The molecule has 0 aliphatic heterocycles. The second-order valence-electron chi connectivity index (χ2n) is 14.8. The van der Waals surface area contributed by atoms with Crippen molar-refractivity contribution >= 4 is 72.4 Å². The van der Waals surface area contributed by atoms with Crippen LogP contribution in [0.5, 0.6) is 0 Å². The van der Waals surface area contributed by atoms with Gasteiger partial charge in [-0.25, -0.2) is 0 Å². The highest BCUT2D eigenvalue weighted by atomic mass is 28.3. The molecule has 0 spiro atoms. The van der Waals surface area contributed by atoms with Crippen LogP contribution < -0.4 is 20.7 Å². The Morgan fingerprint density at radius 3 is 1.42 bits per heavy atom. The van der Waals surface area contributed by atoms with E-state index in [1.807, 2.05) is 0 Å². The molecule has 0 radical (unpaired) electrons. The highest BCUT2D eigenvalue weighted by molar-refractivity contribution is 7.20. The molecule has 0 unspecified atom stereocenters. The minimum absolute atomic E-state index is 1.14. The summed E-state index contributed by atoms with van der Waals surface area (Å²) in [5.74, 6) is 0. The van der Waals surface area contributed by atoms with E-state index in [1.54, 1.807) is 0 Å². The zero-order chi connectivity index (χ0) is 37.8. The fraction of sp³-hybridized carbons (Fsp3) is 0. The summed E-state index contributed by atoms with van der Waals surface area (Å²) in [6.45, 7) is 0. The Morgan fingerprint density at radius 2 is 0.789 bits per heavy atom. The van der Waals surface area contributed by atoms with Crippen molar-refractivity contribution in [1.82, 2.24) is 9.13 Å². The zero-order valence-electron chi connectivity index (χ0n) is 31.3. The van der Waals surface area contributed by atoms with E-state index in [4.69, 9.17) is 0 Å². The quantitative estimate of drug-likeness (QED) is 0.114. The van der Waals surface area contributed by atoms with Gasteiger partial charge >= 0.3 is 0 Å². The van der Waals surface area contributed by atoms with Crippen LogP contribution >= 0.6 is 0 Å². The van der Waals surface area contributed by atoms with Crippen molar-refractivity contribution in [3.8, 4) is 22.5 Å². The monoisotopic (exact) mass is 742 g/mol. The first-order valence-electron chi connectivity index (χ1n) is 19.7. The molecule has 0 aliphatic rings. The summed E-state index contributed by atoms with van der Waals surface area (Å²) < 4.78 is 5.07. The second kappa shape index (κ2) is 13.5. The van der Waals surface area contributed by atoms with Gasteiger partial charge in [0.1, 0.15) is 0 Å². The molecule has 268 valence electrons. The van der Waals surface area contributed by atoms with Crippen LogP contribution in [-0.4, -0.2) is 17.2 Å². The molecule has 0 saturated carbocycles. The fourth-order valence-corrected chi connectivity index (χ4v) is 14.4. The molecule has 0 saturated heterocycles. The average molecular weight is 743 g/mol. The van der Waals surface area contributed by atoms with Crippen LogP contribution in [0, 0.1) is 0 Å². The predicted octanol–water partition coefficient (Wildman–Crippen LogP) is 10.9. The molecule has 11 rings (SSSR count). The zero-order valence-corrected chi connectivity index (χ0v) is 32.3. The first-order chi connectivity index (χ1) is 28.3. The molecular weight excluding hydrogens is 705 g/mol. The van der Waals surface area contributed by atoms with Crippen LogP contribution in [0.15, 0.2) is 231 Å². The molecule has 0 amide bonds. The van der Waals surface area contributed by atoms with E-state index in [-0.39, 0.29) is 0 Å². The van der Waals surface area contributed by atoms with Gasteiger partial charge in [-0.1, -0.05) is 194 Å². The number of nitrogens with zero attached hydrogens (tertiary/aromatic N) is 2. The van der Waals surface area contributed by atoms with Crippen LogP contribution in [0.1, 0.15) is 0 Å². The number of benzene rings is 9. The molecule has 2 heterocycles. The van der Waals surface area contributed by atoms with Gasteiger partial charge in [0.05, 0.1) is 27.8 Å². The number of rotatable bonds is 7. The minimum atomic E-state index is -2.94. The third-order valence-corrected chi connectivity index (χ3v) is 16.7. The Kier molecular flexibility index (Phi) is 7.87. The largest absolute Gasteiger partial charge is 0.307 e. The number of aromatic nitrogens is 2. The van der Waals surface area contributed by atoms with E-state index < -0.39 is 8.07 Å². The molecule has 0 bridgehead atoms. The Morgan fingerprint density at radius 1 is 0.298 bits per heavy atom. The topological polar surface area (TPSA) is 9.86 Å². The van der Waals surface area contributed by atoms with Crippen molar-refractivity contribution in [1.29, 1.82) is 0 Å². The third kappa shape index (κ3) is 5.10. The lowest BCUT2D eigenvalue weighted by atomic mass is 10.0. The maximum Gasteiger partial charge on any atom is 0.181 e. The Balaban J connectivity index is 1.33. The lowest BCUT2D eigenvalue weighted by Crippen LogP contribution is -2.75. The molecule has 57 heavy (non-hydrogen) atoms. The molecule has 0 atom stereocenters. The summed E-state index contributed by atoms with van der Waals surface area (Å²) in [7, 11) is -2.94. The van der Waals surface area contributed by atoms with Crippen molar-refractivity contribution in [3.05, 3.63) is 231 Å². The molecule has 0 N–H and O–H groups in total. The first kappa shape index (κ1) is 33.2. The Bertz CT molecular complexity index is 3110.